The van der Waals surface area contributed by atoms with Crippen molar-refractivity contribution in [3.05, 3.63) is 23.4 Å². The summed E-state index contributed by atoms with van der Waals surface area (Å²) in [6.45, 7) is 1.98. The monoisotopic (exact) mass is 327 g/mol. The van der Waals surface area contributed by atoms with Gasteiger partial charge in [-0.3, -0.25) is 0 Å². The Morgan fingerprint density at radius 2 is 1.96 bits per heavy atom. The minimum atomic E-state index is -4.51. The van der Waals surface area contributed by atoms with E-state index >= 15 is 0 Å². The molecule has 3 rings (SSSR count). The third kappa shape index (κ3) is 3.31. The summed E-state index contributed by atoms with van der Waals surface area (Å²) in [6.07, 6.45) is 2.50. The van der Waals surface area contributed by atoms with Crippen molar-refractivity contribution in [1.29, 1.82) is 0 Å². The van der Waals surface area contributed by atoms with Crippen LogP contribution in [0.1, 0.15) is 56.7 Å². The van der Waals surface area contributed by atoms with Gasteiger partial charge in [0.2, 0.25) is 0 Å². The van der Waals surface area contributed by atoms with Crippen LogP contribution in [-0.2, 0) is 12.6 Å². The van der Waals surface area contributed by atoms with E-state index in [2.05, 4.69) is 5.16 Å². The molecule has 6 heteroatoms. The highest BCUT2D eigenvalue weighted by molar-refractivity contribution is 5.85. The van der Waals surface area contributed by atoms with Gasteiger partial charge in [-0.1, -0.05) is 24.9 Å². The standard InChI is InChI=1S/C17H20F3NO2/c1-2-6-12-14(22-11-7-4-3-5-8-11)10-9-13-15(12)23-21-16(13)17(18,19)20/h9-11H,2-8H2,1H3. The summed E-state index contributed by atoms with van der Waals surface area (Å²) in [7, 11) is 0. The summed E-state index contributed by atoms with van der Waals surface area (Å²) in [5.41, 5.74) is -0.0693. The lowest BCUT2D eigenvalue weighted by atomic mass is 9.97. The van der Waals surface area contributed by atoms with E-state index in [9.17, 15) is 13.2 Å². The number of hydrogen-bond donors (Lipinski definition) is 0. The quantitative estimate of drug-likeness (QED) is 0.742. The maximum atomic E-state index is 13.0. The van der Waals surface area contributed by atoms with E-state index in [-0.39, 0.29) is 17.1 Å². The number of nitrogens with zero attached hydrogens (tertiary/aromatic N) is 1. The molecule has 1 saturated carbocycles. The van der Waals surface area contributed by atoms with Crippen LogP contribution in [0.5, 0.6) is 5.75 Å². The molecule has 23 heavy (non-hydrogen) atoms. The molecule has 3 nitrogen and oxygen atoms in total. The normalized spacial score (nSPS) is 16.9. The number of rotatable bonds is 4. The van der Waals surface area contributed by atoms with Crippen molar-refractivity contribution < 1.29 is 22.4 Å². The molecule has 1 aliphatic carbocycles. The minimum Gasteiger partial charge on any atom is -0.490 e. The second-order valence-electron chi connectivity index (χ2n) is 6.08. The minimum absolute atomic E-state index is 0.0111. The molecule has 1 heterocycles. The fourth-order valence-corrected chi connectivity index (χ4v) is 3.21. The Hall–Kier alpha value is -1.72. The van der Waals surface area contributed by atoms with Crippen molar-refractivity contribution in [1.82, 2.24) is 5.16 Å². The van der Waals surface area contributed by atoms with Gasteiger partial charge in [0.25, 0.3) is 0 Å². The van der Waals surface area contributed by atoms with Gasteiger partial charge in [0, 0.05) is 5.56 Å². The molecule has 0 saturated heterocycles. The van der Waals surface area contributed by atoms with Crippen LogP contribution in [0.25, 0.3) is 11.0 Å². The van der Waals surface area contributed by atoms with Gasteiger partial charge in [0.05, 0.1) is 11.5 Å². The maximum absolute atomic E-state index is 13.0. The number of hydrogen-bond acceptors (Lipinski definition) is 3. The molecule has 0 spiro atoms. The van der Waals surface area contributed by atoms with E-state index in [0.29, 0.717) is 17.7 Å². The second kappa shape index (κ2) is 6.42. The van der Waals surface area contributed by atoms with Crippen LogP contribution >= 0.6 is 0 Å². The molecule has 126 valence electrons. The van der Waals surface area contributed by atoms with Crippen molar-refractivity contribution in [2.24, 2.45) is 0 Å². The van der Waals surface area contributed by atoms with Crippen molar-refractivity contribution in [3.8, 4) is 5.75 Å². The van der Waals surface area contributed by atoms with Crippen molar-refractivity contribution in [3.63, 3.8) is 0 Å². The van der Waals surface area contributed by atoms with Crippen molar-refractivity contribution in [2.75, 3.05) is 0 Å². The molecule has 0 N–H and O–H groups in total. The summed E-state index contributed by atoms with van der Waals surface area (Å²) in [6, 6.07) is 3.04. The Kier molecular flexibility index (Phi) is 4.50. The Bertz CT molecular complexity index is 672. The fourth-order valence-electron chi connectivity index (χ4n) is 3.21. The summed E-state index contributed by atoms with van der Waals surface area (Å²) in [5.74, 6) is 0.635. The highest BCUT2D eigenvalue weighted by Crippen LogP contribution is 2.38. The van der Waals surface area contributed by atoms with Gasteiger partial charge in [-0.25, -0.2) is 0 Å². The number of aromatic nitrogens is 1. The summed E-state index contributed by atoms with van der Waals surface area (Å²) in [4.78, 5) is 0. The molecular formula is C17H20F3NO2. The van der Waals surface area contributed by atoms with Crippen LogP contribution < -0.4 is 4.74 Å². The molecule has 0 unspecified atom stereocenters. The van der Waals surface area contributed by atoms with Crippen molar-refractivity contribution >= 4 is 11.0 Å². The average molecular weight is 327 g/mol. The zero-order chi connectivity index (χ0) is 16.4. The number of alkyl halides is 3. The first-order valence-electron chi connectivity index (χ1n) is 8.15. The largest absolute Gasteiger partial charge is 0.490 e. The zero-order valence-electron chi connectivity index (χ0n) is 13.1. The van der Waals surface area contributed by atoms with Gasteiger partial charge in [0.15, 0.2) is 11.3 Å². The van der Waals surface area contributed by atoms with Gasteiger partial charge in [-0.05, 0) is 44.2 Å². The lowest BCUT2D eigenvalue weighted by Crippen LogP contribution is -2.20. The molecule has 0 atom stereocenters. The van der Waals surface area contributed by atoms with E-state index < -0.39 is 11.9 Å². The number of halogens is 3. The average Bonchev–Trinajstić information content (AvgIpc) is 2.95. The maximum Gasteiger partial charge on any atom is 0.437 e. The molecule has 0 radical (unpaired) electrons. The third-order valence-corrected chi connectivity index (χ3v) is 4.32. The molecule has 1 fully saturated rings. The number of fused-ring (bicyclic) bond motifs is 1. The van der Waals surface area contributed by atoms with E-state index in [4.69, 9.17) is 9.26 Å². The van der Waals surface area contributed by atoms with Crippen molar-refractivity contribution in [2.45, 2.75) is 64.1 Å². The molecular weight excluding hydrogens is 307 g/mol. The predicted molar refractivity (Wildman–Crippen MR) is 80.5 cm³/mol. The van der Waals surface area contributed by atoms with Gasteiger partial charge < -0.3 is 9.26 Å². The first-order valence-corrected chi connectivity index (χ1v) is 8.15. The topological polar surface area (TPSA) is 35.3 Å². The molecule has 0 aliphatic heterocycles. The Morgan fingerprint density at radius 1 is 1.22 bits per heavy atom. The Balaban J connectivity index is 1.99. The lowest BCUT2D eigenvalue weighted by Gasteiger charge is -2.24. The van der Waals surface area contributed by atoms with Gasteiger partial charge in [0.1, 0.15) is 5.75 Å². The van der Waals surface area contributed by atoms with E-state index in [1.165, 1.54) is 12.5 Å². The predicted octanol–water partition coefficient (Wildman–Crippen LogP) is 5.51. The summed E-state index contributed by atoms with van der Waals surface area (Å²) in [5, 5.41) is 3.25. The van der Waals surface area contributed by atoms with Gasteiger partial charge in [-0.15, -0.1) is 0 Å². The highest BCUT2D eigenvalue weighted by atomic mass is 19.4. The van der Waals surface area contributed by atoms with E-state index in [0.717, 1.165) is 32.1 Å². The van der Waals surface area contributed by atoms with Crippen LogP contribution in [0.2, 0.25) is 0 Å². The SMILES string of the molecule is CCCc1c(OC2CCCCC2)ccc2c(C(F)(F)F)noc12. The van der Waals surface area contributed by atoms with Crippen LogP contribution in [0.3, 0.4) is 0 Å². The molecule has 0 amide bonds. The smallest absolute Gasteiger partial charge is 0.437 e. The number of benzene rings is 1. The fraction of sp³-hybridized carbons (Fsp3) is 0.588. The number of aryl methyl sites for hydroxylation is 1. The highest BCUT2D eigenvalue weighted by Gasteiger charge is 2.37. The second-order valence-corrected chi connectivity index (χ2v) is 6.08. The Labute approximate surface area is 132 Å². The summed E-state index contributed by atoms with van der Waals surface area (Å²) < 4.78 is 50.1. The molecule has 1 aliphatic rings. The molecule has 1 aromatic heterocycles. The van der Waals surface area contributed by atoms with Gasteiger partial charge in [-0.2, -0.15) is 13.2 Å². The van der Waals surface area contributed by atoms with E-state index in [1.54, 1.807) is 6.07 Å². The zero-order valence-corrected chi connectivity index (χ0v) is 13.1. The third-order valence-electron chi connectivity index (χ3n) is 4.32. The Morgan fingerprint density at radius 3 is 2.61 bits per heavy atom. The molecule has 1 aromatic carbocycles. The molecule has 2 aromatic rings. The van der Waals surface area contributed by atoms with Crippen LogP contribution in [0, 0.1) is 0 Å². The first-order chi connectivity index (χ1) is 11.0. The van der Waals surface area contributed by atoms with Gasteiger partial charge >= 0.3 is 6.18 Å². The first kappa shape index (κ1) is 16.1. The van der Waals surface area contributed by atoms with Crippen LogP contribution in [-0.4, -0.2) is 11.3 Å². The van der Waals surface area contributed by atoms with Crippen LogP contribution in [0.15, 0.2) is 16.7 Å². The molecule has 0 bridgehead atoms. The van der Waals surface area contributed by atoms with E-state index in [1.807, 2.05) is 6.92 Å². The van der Waals surface area contributed by atoms with Crippen LogP contribution in [0.4, 0.5) is 13.2 Å². The lowest BCUT2D eigenvalue weighted by molar-refractivity contribution is -0.141. The number of ether oxygens (including phenoxy) is 1. The summed E-state index contributed by atoms with van der Waals surface area (Å²) >= 11 is 0.